The normalized spacial score (nSPS) is 10.4. The Morgan fingerprint density at radius 2 is 1.96 bits per heavy atom. The number of amides is 2. The van der Waals surface area contributed by atoms with Gasteiger partial charge in [-0.2, -0.15) is 0 Å². The zero-order valence-corrected chi connectivity index (χ0v) is 13.9. The standard InChI is InChI=1S/C16H12FN3O2S2/c17-11-5-2-1-4-10(11)15(22)18-8-14(21)20-16-19-12(9-24-16)13-6-3-7-23-13/h1-7,9H,8H2,(H,18,22)(H,19,20,21). The number of carbonyl (C=O) groups excluding carboxylic acids is 2. The van der Waals surface area contributed by atoms with Crippen LogP contribution in [-0.4, -0.2) is 23.3 Å². The van der Waals surface area contributed by atoms with Crippen LogP contribution < -0.4 is 10.6 Å². The number of aromatic nitrogens is 1. The summed E-state index contributed by atoms with van der Waals surface area (Å²) in [5, 5.41) is 9.24. The van der Waals surface area contributed by atoms with Crippen molar-refractivity contribution in [3.8, 4) is 10.6 Å². The summed E-state index contributed by atoms with van der Waals surface area (Å²) < 4.78 is 13.5. The lowest BCUT2D eigenvalue weighted by Gasteiger charge is -2.05. The van der Waals surface area contributed by atoms with E-state index >= 15 is 0 Å². The van der Waals surface area contributed by atoms with E-state index in [1.165, 1.54) is 29.5 Å². The Bertz CT molecular complexity index is 862. The van der Waals surface area contributed by atoms with Crippen LogP contribution >= 0.6 is 22.7 Å². The van der Waals surface area contributed by atoms with Crippen LogP contribution in [0.3, 0.4) is 0 Å². The fourth-order valence-corrected chi connectivity index (χ4v) is 3.42. The van der Waals surface area contributed by atoms with E-state index in [0.29, 0.717) is 5.13 Å². The van der Waals surface area contributed by atoms with Crippen LogP contribution in [0.15, 0.2) is 47.2 Å². The van der Waals surface area contributed by atoms with Crippen LogP contribution in [0.25, 0.3) is 10.6 Å². The highest BCUT2D eigenvalue weighted by molar-refractivity contribution is 7.16. The molecule has 24 heavy (non-hydrogen) atoms. The maximum Gasteiger partial charge on any atom is 0.254 e. The molecule has 3 rings (SSSR count). The largest absolute Gasteiger partial charge is 0.343 e. The van der Waals surface area contributed by atoms with Crippen LogP contribution in [-0.2, 0) is 4.79 Å². The SMILES string of the molecule is O=C(CNC(=O)c1ccccc1F)Nc1nc(-c2cccs2)cs1. The highest BCUT2D eigenvalue weighted by Crippen LogP contribution is 2.28. The van der Waals surface area contributed by atoms with Crippen LogP contribution in [0.5, 0.6) is 0 Å². The van der Waals surface area contributed by atoms with Crippen molar-refractivity contribution in [3.05, 3.63) is 58.5 Å². The molecule has 8 heteroatoms. The Morgan fingerprint density at radius 3 is 2.71 bits per heavy atom. The van der Waals surface area contributed by atoms with Gasteiger partial charge in [0.1, 0.15) is 5.82 Å². The average Bonchev–Trinajstić information content (AvgIpc) is 3.24. The summed E-state index contributed by atoms with van der Waals surface area (Å²) >= 11 is 2.86. The topological polar surface area (TPSA) is 71.1 Å². The molecule has 3 aromatic rings. The van der Waals surface area contributed by atoms with Crippen molar-refractivity contribution >= 4 is 39.6 Å². The zero-order chi connectivity index (χ0) is 16.9. The first-order valence-electron chi connectivity index (χ1n) is 6.95. The van der Waals surface area contributed by atoms with Gasteiger partial charge in [0.15, 0.2) is 5.13 Å². The van der Waals surface area contributed by atoms with E-state index in [0.717, 1.165) is 10.6 Å². The maximum atomic E-state index is 13.5. The Hall–Kier alpha value is -2.58. The third-order valence-corrected chi connectivity index (χ3v) is 4.70. The van der Waals surface area contributed by atoms with Crippen LogP contribution in [0.2, 0.25) is 0 Å². The quantitative estimate of drug-likeness (QED) is 0.732. The first-order valence-corrected chi connectivity index (χ1v) is 8.71. The lowest BCUT2D eigenvalue weighted by molar-refractivity contribution is -0.115. The van der Waals surface area contributed by atoms with Crippen molar-refractivity contribution in [1.82, 2.24) is 10.3 Å². The molecule has 2 heterocycles. The molecule has 0 saturated carbocycles. The zero-order valence-electron chi connectivity index (χ0n) is 12.3. The van der Waals surface area contributed by atoms with Gasteiger partial charge in [0.2, 0.25) is 5.91 Å². The van der Waals surface area contributed by atoms with Gasteiger partial charge in [0.05, 0.1) is 22.7 Å². The highest BCUT2D eigenvalue weighted by atomic mass is 32.1. The molecule has 0 radical (unpaired) electrons. The Labute approximate surface area is 145 Å². The van der Waals surface area contributed by atoms with E-state index in [1.807, 2.05) is 22.9 Å². The Morgan fingerprint density at radius 1 is 1.12 bits per heavy atom. The minimum absolute atomic E-state index is 0.0977. The third-order valence-electron chi connectivity index (χ3n) is 3.05. The minimum Gasteiger partial charge on any atom is -0.343 e. The number of rotatable bonds is 5. The van der Waals surface area contributed by atoms with E-state index in [9.17, 15) is 14.0 Å². The lowest BCUT2D eigenvalue weighted by Crippen LogP contribution is -2.33. The van der Waals surface area contributed by atoms with Crippen molar-refractivity contribution < 1.29 is 14.0 Å². The molecule has 5 nitrogen and oxygen atoms in total. The van der Waals surface area contributed by atoms with Crippen LogP contribution in [0.1, 0.15) is 10.4 Å². The third kappa shape index (κ3) is 3.84. The molecule has 0 bridgehead atoms. The molecule has 2 aromatic heterocycles. The van der Waals surface area contributed by atoms with Gasteiger partial charge in [0.25, 0.3) is 5.91 Å². The smallest absolute Gasteiger partial charge is 0.254 e. The van der Waals surface area contributed by atoms with E-state index in [-0.39, 0.29) is 12.1 Å². The molecule has 122 valence electrons. The molecule has 1 aromatic carbocycles. The fraction of sp³-hybridized carbons (Fsp3) is 0.0625. The summed E-state index contributed by atoms with van der Waals surface area (Å²) in [7, 11) is 0. The molecule has 0 fully saturated rings. The number of halogens is 1. The van der Waals surface area contributed by atoms with Gasteiger partial charge in [-0.1, -0.05) is 18.2 Å². The van der Waals surface area contributed by atoms with Gasteiger partial charge in [-0.15, -0.1) is 22.7 Å². The number of thiazole rings is 1. The molecule has 2 amide bonds. The van der Waals surface area contributed by atoms with Gasteiger partial charge in [-0.3, -0.25) is 9.59 Å². The van der Waals surface area contributed by atoms with E-state index in [1.54, 1.807) is 17.4 Å². The van der Waals surface area contributed by atoms with Crippen molar-refractivity contribution in [1.29, 1.82) is 0 Å². The number of benzene rings is 1. The van der Waals surface area contributed by atoms with Crippen LogP contribution in [0, 0.1) is 5.82 Å². The summed E-state index contributed by atoms with van der Waals surface area (Å²) in [6.45, 7) is -0.263. The van der Waals surface area contributed by atoms with Crippen molar-refractivity contribution in [2.75, 3.05) is 11.9 Å². The first-order chi connectivity index (χ1) is 11.6. The summed E-state index contributed by atoms with van der Waals surface area (Å²) in [4.78, 5) is 29.0. The number of hydrogen-bond acceptors (Lipinski definition) is 5. The van der Waals surface area contributed by atoms with E-state index in [2.05, 4.69) is 15.6 Å². The molecule has 2 N–H and O–H groups in total. The van der Waals surface area contributed by atoms with E-state index in [4.69, 9.17) is 0 Å². The number of thiophene rings is 1. The van der Waals surface area contributed by atoms with Crippen molar-refractivity contribution in [2.24, 2.45) is 0 Å². The molecule has 0 unspecified atom stereocenters. The number of hydrogen-bond donors (Lipinski definition) is 2. The van der Waals surface area contributed by atoms with Gasteiger partial charge >= 0.3 is 0 Å². The Kier molecular flexibility index (Phi) is 4.97. The molecule has 0 aliphatic heterocycles. The predicted molar refractivity (Wildman–Crippen MR) is 92.8 cm³/mol. The molecule has 0 aliphatic carbocycles. The summed E-state index contributed by atoms with van der Waals surface area (Å²) in [5.41, 5.74) is 0.695. The van der Waals surface area contributed by atoms with Gasteiger partial charge in [0, 0.05) is 5.38 Å². The second kappa shape index (κ2) is 7.33. The molecule has 0 spiro atoms. The fourth-order valence-electron chi connectivity index (χ4n) is 1.93. The minimum atomic E-state index is -0.637. The maximum absolute atomic E-state index is 13.5. The number of carbonyl (C=O) groups is 2. The monoisotopic (exact) mass is 361 g/mol. The molecule has 0 aliphatic rings. The van der Waals surface area contributed by atoms with Crippen molar-refractivity contribution in [2.45, 2.75) is 0 Å². The van der Waals surface area contributed by atoms with Crippen molar-refractivity contribution in [3.63, 3.8) is 0 Å². The Balaban J connectivity index is 1.55. The first kappa shape index (κ1) is 16.3. The average molecular weight is 361 g/mol. The van der Waals surface area contributed by atoms with Gasteiger partial charge in [-0.25, -0.2) is 9.37 Å². The number of anilines is 1. The number of nitrogens with one attached hydrogen (secondary N) is 2. The predicted octanol–water partition coefficient (Wildman–Crippen LogP) is 3.38. The molecular weight excluding hydrogens is 349 g/mol. The number of nitrogens with zero attached hydrogens (tertiary/aromatic N) is 1. The molecular formula is C16H12FN3O2S2. The van der Waals surface area contributed by atoms with Gasteiger partial charge < -0.3 is 10.6 Å². The summed E-state index contributed by atoms with van der Waals surface area (Å²) in [6.07, 6.45) is 0. The van der Waals surface area contributed by atoms with Crippen LogP contribution in [0.4, 0.5) is 9.52 Å². The summed E-state index contributed by atoms with van der Waals surface area (Å²) in [5.74, 6) is -1.69. The van der Waals surface area contributed by atoms with E-state index < -0.39 is 17.6 Å². The second-order valence-electron chi connectivity index (χ2n) is 4.73. The summed E-state index contributed by atoms with van der Waals surface area (Å²) in [6, 6.07) is 9.47. The van der Waals surface area contributed by atoms with Gasteiger partial charge in [-0.05, 0) is 23.6 Å². The second-order valence-corrected chi connectivity index (χ2v) is 6.53. The highest BCUT2D eigenvalue weighted by Gasteiger charge is 2.13. The lowest BCUT2D eigenvalue weighted by atomic mass is 10.2. The molecule has 0 atom stereocenters. The molecule has 0 saturated heterocycles.